The molecule has 1 aliphatic rings. The van der Waals surface area contributed by atoms with Crippen LogP contribution in [0.3, 0.4) is 0 Å². The average molecular weight is 297 g/mol. The Labute approximate surface area is 121 Å². The van der Waals surface area contributed by atoms with Gasteiger partial charge in [-0.15, -0.1) is 0 Å². The Morgan fingerprint density at radius 1 is 1.14 bits per heavy atom. The second-order valence-electron chi connectivity index (χ2n) is 5.46. The number of carboxylic acid groups (broad SMARTS) is 1. The van der Waals surface area contributed by atoms with Crippen molar-refractivity contribution in [2.75, 3.05) is 6.54 Å². The molecule has 1 fully saturated rings. The summed E-state index contributed by atoms with van der Waals surface area (Å²) in [5, 5.41) is 11.9. The highest BCUT2D eigenvalue weighted by Gasteiger charge is 2.39. The van der Waals surface area contributed by atoms with E-state index in [-0.39, 0.29) is 12.1 Å². The standard InChI is InChI=1S/C15H17F2NO3/c16-11-5-4-10(8-12(11)17)13(19)18-9-15(14(20)21)6-2-1-3-7-15/h4-5,8H,1-3,6-7,9H2,(H,18,19)(H,20,21). The Kier molecular flexibility index (Phi) is 4.55. The maximum absolute atomic E-state index is 13.1. The molecule has 0 spiro atoms. The number of carboxylic acids is 1. The molecule has 2 N–H and O–H groups in total. The Hall–Kier alpha value is -1.98. The topological polar surface area (TPSA) is 66.4 Å². The van der Waals surface area contributed by atoms with Crippen molar-refractivity contribution in [3.05, 3.63) is 35.4 Å². The molecule has 1 saturated carbocycles. The molecule has 0 heterocycles. The van der Waals surface area contributed by atoms with E-state index in [1.807, 2.05) is 0 Å². The number of hydrogen-bond acceptors (Lipinski definition) is 2. The van der Waals surface area contributed by atoms with Crippen LogP contribution in [-0.2, 0) is 4.79 Å². The summed E-state index contributed by atoms with van der Waals surface area (Å²) < 4.78 is 25.9. The fraction of sp³-hybridized carbons (Fsp3) is 0.467. The van der Waals surface area contributed by atoms with Gasteiger partial charge in [0.1, 0.15) is 0 Å². The zero-order valence-corrected chi connectivity index (χ0v) is 11.5. The highest BCUT2D eigenvalue weighted by atomic mass is 19.2. The van der Waals surface area contributed by atoms with Gasteiger partial charge in [0, 0.05) is 12.1 Å². The van der Waals surface area contributed by atoms with Crippen LogP contribution in [0.5, 0.6) is 0 Å². The van der Waals surface area contributed by atoms with Gasteiger partial charge in [-0.25, -0.2) is 8.78 Å². The van der Waals surface area contributed by atoms with Gasteiger partial charge in [-0.1, -0.05) is 19.3 Å². The fourth-order valence-electron chi connectivity index (χ4n) is 2.68. The number of amides is 1. The minimum atomic E-state index is -1.10. The molecule has 1 aromatic rings. The summed E-state index contributed by atoms with van der Waals surface area (Å²) in [5.41, 5.74) is -0.975. The van der Waals surface area contributed by atoms with Gasteiger partial charge in [-0.3, -0.25) is 9.59 Å². The summed E-state index contributed by atoms with van der Waals surface area (Å²) in [6.07, 6.45) is 3.65. The predicted molar refractivity (Wildman–Crippen MR) is 71.8 cm³/mol. The number of carbonyl (C=O) groups excluding carboxylic acids is 1. The molecule has 0 unspecified atom stereocenters. The number of hydrogen-bond donors (Lipinski definition) is 2. The van der Waals surface area contributed by atoms with E-state index in [1.54, 1.807) is 0 Å². The number of carbonyl (C=O) groups is 2. The molecule has 1 aromatic carbocycles. The summed E-state index contributed by atoms with van der Waals surface area (Å²) in [7, 11) is 0. The van der Waals surface area contributed by atoms with Crippen LogP contribution in [-0.4, -0.2) is 23.5 Å². The van der Waals surface area contributed by atoms with Crippen molar-refractivity contribution < 1.29 is 23.5 Å². The Morgan fingerprint density at radius 3 is 2.38 bits per heavy atom. The van der Waals surface area contributed by atoms with Gasteiger partial charge in [0.25, 0.3) is 5.91 Å². The lowest BCUT2D eigenvalue weighted by molar-refractivity contribution is -0.150. The third-order valence-corrected chi connectivity index (χ3v) is 4.03. The molecule has 0 bridgehead atoms. The van der Waals surface area contributed by atoms with Crippen LogP contribution < -0.4 is 5.32 Å². The van der Waals surface area contributed by atoms with E-state index in [0.717, 1.165) is 31.4 Å². The first-order valence-electron chi connectivity index (χ1n) is 6.91. The minimum Gasteiger partial charge on any atom is -0.481 e. The van der Waals surface area contributed by atoms with E-state index in [0.29, 0.717) is 12.8 Å². The van der Waals surface area contributed by atoms with Crippen molar-refractivity contribution in [2.24, 2.45) is 5.41 Å². The normalized spacial score (nSPS) is 17.2. The molecule has 6 heteroatoms. The third kappa shape index (κ3) is 3.37. The first-order chi connectivity index (χ1) is 9.94. The van der Waals surface area contributed by atoms with Crippen molar-refractivity contribution in [1.82, 2.24) is 5.32 Å². The van der Waals surface area contributed by atoms with Crippen molar-refractivity contribution in [3.8, 4) is 0 Å². The zero-order chi connectivity index (χ0) is 15.5. The van der Waals surface area contributed by atoms with Crippen LogP contribution in [0.15, 0.2) is 18.2 Å². The molecule has 114 valence electrons. The molecule has 4 nitrogen and oxygen atoms in total. The molecule has 1 aliphatic carbocycles. The fourth-order valence-corrected chi connectivity index (χ4v) is 2.68. The van der Waals surface area contributed by atoms with Gasteiger partial charge < -0.3 is 10.4 Å². The molecule has 0 aromatic heterocycles. The second kappa shape index (κ2) is 6.20. The van der Waals surface area contributed by atoms with Crippen LogP contribution in [0.2, 0.25) is 0 Å². The van der Waals surface area contributed by atoms with Gasteiger partial charge in [0.15, 0.2) is 11.6 Å². The largest absolute Gasteiger partial charge is 0.481 e. The summed E-state index contributed by atoms with van der Waals surface area (Å²) in [6.45, 7) is 0.000161. The summed E-state index contributed by atoms with van der Waals surface area (Å²) in [6, 6.07) is 2.85. The smallest absolute Gasteiger partial charge is 0.311 e. The monoisotopic (exact) mass is 297 g/mol. The maximum atomic E-state index is 13.1. The van der Waals surface area contributed by atoms with Gasteiger partial charge in [-0.05, 0) is 31.0 Å². The van der Waals surface area contributed by atoms with Crippen molar-refractivity contribution in [2.45, 2.75) is 32.1 Å². The highest BCUT2D eigenvalue weighted by molar-refractivity contribution is 5.94. The van der Waals surface area contributed by atoms with Crippen LogP contribution in [0, 0.1) is 17.0 Å². The number of nitrogens with one attached hydrogen (secondary N) is 1. The lowest BCUT2D eigenvalue weighted by Gasteiger charge is -2.33. The summed E-state index contributed by atoms with van der Waals surface area (Å²) >= 11 is 0. The Morgan fingerprint density at radius 2 is 1.81 bits per heavy atom. The quantitative estimate of drug-likeness (QED) is 0.898. The van der Waals surface area contributed by atoms with Crippen LogP contribution >= 0.6 is 0 Å². The van der Waals surface area contributed by atoms with Gasteiger partial charge in [-0.2, -0.15) is 0 Å². The number of halogens is 2. The van der Waals surface area contributed by atoms with Gasteiger partial charge in [0.05, 0.1) is 5.41 Å². The van der Waals surface area contributed by atoms with Gasteiger partial charge >= 0.3 is 5.97 Å². The molecule has 0 saturated heterocycles. The lowest BCUT2D eigenvalue weighted by Crippen LogP contribution is -2.44. The predicted octanol–water partition coefficient (Wildman–Crippen LogP) is 2.73. The maximum Gasteiger partial charge on any atom is 0.311 e. The molecular weight excluding hydrogens is 280 g/mol. The van der Waals surface area contributed by atoms with Crippen LogP contribution in [0.1, 0.15) is 42.5 Å². The Bertz CT molecular complexity index is 554. The number of rotatable bonds is 4. The average Bonchev–Trinajstić information content (AvgIpc) is 2.48. The van der Waals surface area contributed by atoms with Crippen LogP contribution in [0.4, 0.5) is 8.78 Å². The second-order valence-corrected chi connectivity index (χ2v) is 5.46. The SMILES string of the molecule is O=C(NCC1(C(=O)O)CCCCC1)c1ccc(F)c(F)c1. The van der Waals surface area contributed by atoms with E-state index >= 15 is 0 Å². The summed E-state index contributed by atoms with van der Waals surface area (Å²) in [5.74, 6) is -3.65. The molecule has 1 amide bonds. The van der Waals surface area contributed by atoms with Crippen molar-refractivity contribution in [3.63, 3.8) is 0 Å². The molecular formula is C15H17F2NO3. The minimum absolute atomic E-state index is 0.000161. The summed E-state index contributed by atoms with van der Waals surface area (Å²) in [4.78, 5) is 23.4. The van der Waals surface area contributed by atoms with E-state index in [2.05, 4.69) is 5.32 Å². The van der Waals surface area contributed by atoms with E-state index in [1.165, 1.54) is 6.07 Å². The Balaban J connectivity index is 2.05. The van der Waals surface area contributed by atoms with Crippen LogP contribution in [0.25, 0.3) is 0 Å². The van der Waals surface area contributed by atoms with Gasteiger partial charge in [0.2, 0.25) is 0 Å². The molecule has 0 radical (unpaired) electrons. The molecule has 0 atom stereocenters. The van der Waals surface area contributed by atoms with E-state index < -0.39 is 28.9 Å². The highest BCUT2D eigenvalue weighted by Crippen LogP contribution is 2.36. The number of benzene rings is 1. The van der Waals surface area contributed by atoms with E-state index in [9.17, 15) is 23.5 Å². The first-order valence-corrected chi connectivity index (χ1v) is 6.91. The number of aliphatic carboxylic acids is 1. The van der Waals surface area contributed by atoms with Crippen molar-refractivity contribution in [1.29, 1.82) is 0 Å². The lowest BCUT2D eigenvalue weighted by atomic mass is 9.74. The first kappa shape index (κ1) is 15.4. The molecule has 21 heavy (non-hydrogen) atoms. The molecule has 2 rings (SSSR count). The third-order valence-electron chi connectivity index (χ3n) is 4.03. The zero-order valence-electron chi connectivity index (χ0n) is 11.5. The molecule has 0 aliphatic heterocycles. The van der Waals surface area contributed by atoms with Crippen molar-refractivity contribution >= 4 is 11.9 Å². The van der Waals surface area contributed by atoms with E-state index in [4.69, 9.17) is 0 Å².